The number of nitrogen functional groups attached to an aromatic ring is 1. The molecule has 13 heteroatoms. The third-order valence-electron chi connectivity index (χ3n) is 4.05. The number of nitro groups is 1. The van der Waals surface area contributed by atoms with Crippen molar-refractivity contribution in [3.8, 4) is 0 Å². The minimum Gasteiger partial charge on any atom is -0.334 e. The van der Waals surface area contributed by atoms with Crippen molar-refractivity contribution in [1.82, 2.24) is 14.9 Å². The molecule has 4 N–H and O–H groups in total. The van der Waals surface area contributed by atoms with Crippen LogP contribution in [0, 0.1) is 10.1 Å². The number of hydrogen-bond acceptors (Lipinski definition) is 10. The molecule has 1 aromatic heterocycles. The van der Waals surface area contributed by atoms with Crippen LogP contribution in [-0.4, -0.2) is 43.5 Å². The maximum absolute atomic E-state index is 12.1. The summed E-state index contributed by atoms with van der Waals surface area (Å²) < 4.78 is 1.15. The van der Waals surface area contributed by atoms with Crippen molar-refractivity contribution in [2.75, 3.05) is 22.3 Å². The van der Waals surface area contributed by atoms with Crippen molar-refractivity contribution in [2.45, 2.75) is 12.1 Å². The Hall–Kier alpha value is -4.26. The van der Waals surface area contributed by atoms with Crippen LogP contribution in [0.5, 0.6) is 0 Å². The smallest absolute Gasteiger partial charge is 0.269 e. The number of ketones is 1. The first-order valence-corrected chi connectivity index (χ1v) is 10.1. The first kappa shape index (κ1) is 22.4. The molecule has 1 heterocycles. The molecule has 0 atom stereocenters. The molecule has 0 bridgehead atoms. The van der Waals surface area contributed by atoms with Gasteiger partial charge in [0, 0.05) is 23.4 Å². The summed E-state index contributed by atoms with van der Waals surface area (Å²) in [5.74, 6) is 5.77. The van der Waals surface area contributed by atoms with Crippen LogP contribution in [0.1, 0.15) is 22.8 Å². The predicted octanol–water partition coefficient (Wildman–Crippen LogP) is 2.28. The standard InChI is InChI=1S/C19H18N8O4S/c1-12(28)14-4-6-15(7-5-14)22-17(29)11-32-19-25-24-18(26(19)20)23-21-10-13-2-8-16(9-3-13)27(30)31/h2-10H,11,20H2,1H3,(H,22,29)(H,23,24)/b21-10+. The SMILES string of the molecule is CC(=O)c1ccc(NC(=O)CSc2nnc(N/N=C/c3ccc([N+](=O)[O-])cc3)n2N)cc1. The number of nitrogens with zero attached hydrogens (tertiary/aromatic N) is 5. The average molecular weight is 454 g/mol. The van der Waals surface area contributed by atoms with Crippen molar-refractivity contribution >= 4 is 47.0 Å². The molecule has 3 aromatic rings. The molecule has 32 heavy (non-hydrogen) atoms. The monoisotopic (exact) mass is 454 g/mol. The Labute approximate surface area is 186 Å². The molecule has 0 spiro atoms. The van der Waals surface area contributed by atoms with Crippen LogP contribution in [0.4, 0.5) is 17.3 Å². The molecule has 164 valence electrons. The number of benzene rings is 2. The third kappa shape index (κ3) is 5.89. The molecule has 0 unspecified atom stereocenters. The lowest BCUT2D eigenvalue weighted by atomic mass is 10.1. The van der Waals surface area contributed by atoms with Gasteiger partial charge < -0.3 is 11.2 Å². The van der Waals surface area contributed by atoms with Crippen molar-refractivity contribution in [3.63, 3.8) is 0 Å². The van der Waals surface area contributed by atoms with E-state index in [-0.39, 0.29) is 29.1 Å². The molecule has 12 nitrogen and oxygen atoms in total. The molecule has 0 radical (unpaired) electrons. The number of thioether (sulfide) groups is 1. The van der Waals surface area contributed by atoms with E-state index in [0.29, 0.717) is 22.0 Å². The Morgan fingerprint density at radius 2 is 1.88 bits per heavy atom. The summed E-state index contributed by atoms with van der Waals surface area (Å²) >= 11 is 1.08. The Morgan fingerprint density at radius 3 is 2.50 bits per heavy atom. The van der Waals surface area contributed by atoms with E-state index in [2.05, 4.69) is 26.0 Å². The highest BCUT2D eigenvalue weighted by Gasteiger charge is 2.12. The van der Waals surface area contributed by atoms with Crippen molar-refractivity contribution in [3.05, 3.63) is 69.8 Å². The molecule has 0 saturated heterocycles. The largest absolute Gasteiger partial charge is 0.334 e. The van der Waals surface area contributed by atoms with Gasteiger partial charge in [0.25, 0.3) is 11.6 Å². The topological polar surface area (TPSA) is 170 Å². The van der Waals surface area contributed by atoms with Crippen LogP contribution in [-0.2, 0) is 4.79 Å². The first-order chi connectivity index (χ1) is 15.3. The number of Topliss-reactive ketones (excluding diaryl/α,β-unsaturated/α-hetero) is 1. The van der Waals surface area contributed by atoms with E-state index in [4.69, 9.17) is 5.84 Å². The second kappa shape index (κ2) is 10.2. The number of carbonyl (C=O) groups is 2. The fourth-order valence-electron chi connectivity index (χ4n) is 2.41. The lowest BCUT2D eigenvalue weighted by Crippen LogP contribution is -2.17. The van der Waals surface area contributed by atoms with Gasteiger partial charge in [0.1, 0.15) is 0 Å². The second-order valence-electron chi connectivity index (χ2n) is 6.37. The predicted molar refractivity (Wildman–Crippen MR) is 120 cm³/mol. The summed E-state index contributed by atoms with van der Waals surface area (Å²) in [6.07, 6.45) is 1.44. The quantitative estimate of drug-likeness (QED) is 0.110. The molecular weight excluding hydrogens is 436 g/mol. The van der Waals surface area contributed by atoms with Crippen LogP contribution in [0.25, 0.3) is 0 Å². The van der Waals surface area contributed by atoms with Crippen molar-refractivity contribution in [2.24, 2.45) is 5.10 Å². The van der Waals surface area contributed by atoms with Gasteiger partial charge in [0.2, 0.25) is 11.1 Å². The maximum Gasteiger partial charge on any atom is 0.269 e. The Balaban J connectivity index is 1.51. The van der Waals surface area contributed by atoms with Gasteiger partial charge in [0.05, 0.1) is 16.9 Å². The van der Waals surface area contributed by atoms with E-state index in [1.807, 2.05) is 0 Å². The Bertz CT molecular complexity index is 1160. The van der Waals surface area contributed by atoms with Crippen LogP contribution in [0.2, 0.25) is 0 Å². The zero-order chi connectivity index (χ0) is 23.1. The third-order valence-corrected chi connectivity index (χ3v) is 5.00. The molecule has 0 saturated carbocycles. The number of non-ortho nitro benzene ring substituents is 1. The summed E-state index contributed by atoms with van der Waals surface area (Å²) in [5.41, 5.74) is 4.36. The van der Waals surface area contributed by atoms with Crippen molar-refractivity contribution in [1.29, 1.82) is 0 Å². The van der Waals surface area contributed by atoms with Gasteiger partial charge in [-0.3, -0.25) is 19.7 Å². The van der Waals surface area contributed by atoms with E-state index >= 15 is 0 Å². The molecular formula is C19H18N8O4S. The minimum atomic E-state index is -0.486. The number of amides is 1. The fourth-order valence-corrected chi connectivity index (χ4v) is 3.07. The zero-order valence-corrected chi connectivity index (χ0v) is 17.6. The lowest BCUT2D eigenvalue weighted by molar-refractivity contribution is -0.384. The molecule has 2 aromatic carbocycles. The van der Waals surface area contributed by atoms with E-state index in [0.717, 1.165) is 16.4 Å². The highest BCUT2D eigenvalue weighted by Crippen LogP contribution is 2.18. The molecule has 0 fully saturated rings. The molecule has 1 amide bonds. The number of aromatic nitrogens is 3. The first-order valence-electron chi connectivity index (χ1n) is 9.11. The number of carbonyl (C=O) groups excluding carboxylic acids is 2. The second-order valence-corrected chi connectivity index (χ2v) is 7.31. The van der Waals surface area contributed by atoms with Crippen LogP contribution >= 0.6 is 11.8 Å². The van der Waals surface area contributed by atoms with E-state index in [9.17, 15) is 19.7 Å². The van der Waals surface area contributed by atoms with Crippen LogP contribution in [0.3, 0.4) is 0 Å². The highest BCUT2D eigenvalue weighted by molar-refractivity contribution is 7.99. The minimum absolute atomic E-state index is 0.0180. The summed E-state index contributed by atoms with van der Waals surface area (Å²) in [4.78, 5) is 33.6. The van der Waals surface area contributed by atoms with Gasteiger partial charge in [-0.1, -0.05) is 11.8 Å². The Morgan fingerprint density at radius 1 is 1.19 bits per heavy atom. The van der Waals surface area contributed by atoms with E-state index < -0.39 is 4.92 Å². The number of hydrogen-bond donors (Lipinski definition) is 3. The van der Waals surface area contributed by atoms with Gasteiger partial charge in [-0.15, -0.1) is 10.2 Å². The molecule has 0 aliphatic rings. The highest BCUT2D eigenvalue weighted by atomic mass is 32.2. The number of rotatable bonds is 9. The van der Waals surface area contributed by atoms with Gasteiger partial charge >= 0.3 is 0 Å². The van der Waals surface area contributed by atoms with Gasteiger partial charge in [-0.25, -0.2) is 10.1 Å². The van der Waals surface area contributed by atoms with Crippen LogP contribution in [0.15, 0.2) is 58.8 Å². The average Bonchev–Trinajstić information content (AvgIpc) is 3.12. The number of anilines is 2. The fraction of sp³-hybridized carbons (Fsp3) is 0.105. The van der Waals surface area contributed by atoms with Gasteiger partial charge in [-0.05, 0) is 48.9 Å². The number of nitro benzene ring substituents is 1. The molecule has 3 rings (SSSR count). The molecule has 0 aliphatic heterocycles. The summed E-state index contributed by atoms with van der Waals surface area (Å²) in [7, 11) is 0. The van der Waals surface area contributed by atoms with Crippen molar-refractivity contribution < 1.29 is 14.5 Å². The number of nitrogens with two attached hydrogens (primary N) is 1. The molecule has 0 aliphatic carbocycles. The van der Waals surface area contributed by atoms with E-state index in [1.165, 1.54) is 25.3 Å². The summed E-state index contributed by atoms with van der Waals surface area (Å²) in [6.45, 7) is 1.47. The maximum atomic E-state index is 12.1. The van der Waals surface area contributed by atoms with Crippen LogP contribution < -0.4 is 16.6 Å². The summed E-state index contributed by atoms with van der Waals surface area (Å²) in [5, 5.41) is 25.4. The van der Waals surface area contributed by atoms with Gasteiger partial charge in [0.15, 0.2) is 5.78 Å². The number of nitrogens with one attached hydrogen (secondary N) is 2. The summed E-state index contributed by atoms with van der Waals surface area (Å²) in [6, 6.07) is 12.4. The Kier molecular flexibility index (Phi) is 7.13. The van der Waals surface area contributed by atoms with Gasteiger partial charge in [-0.2, -0.15) is 5.10 Å². The lowest BCUT2D eigenvalue weighted by Gasteiger charge is -2.06. The normalized spacial score (nSPS) is 10.8. The number of hydrazone groups is 1. The zero-order valence-electron chi connectivity index (χ0n) is 16.8. The van der Waals surface area contributed by atoms with E-state index in [1.54, 1.807) is 36.4 Å².